The van der Waals surface area contributed by atoms with Gasteiger partial charge >= 0.3 is 6.18 Å². The maximum Gasteiger partial charge on any atom is 0.422 e. The van der Waals surface area contributed by atoms with E-state index < -0.39 is 24.6 Å². The third-order valence-electron chi connectivity index (χ3n) is 2.76. The van der Waals surface area contributed by atoms with E-state index in [4.69, 9.17) is 11.6 Å². The van der Waals surface area contributed by atoms with Crippen molar-refractivity contribution in [3.05, 3.63) is 52.7 Å². The summed E-state index contributed by atoms with van der Waals surface area (Å²) in [5, 5.41) is 2.84. The van der Waals surface area contributed by atoms with E-state index in [1.54, 1.807) is 18.2 Å². The summed E-state index contributed by atoms with van der Waals surface area (Å²) in [7, 11) is 0. The van der Waals surface area contributed by atoms with Crippen molar-refractivity contribution in [1.29, 1.82) is 0 Å². The molecule has 1 heterocycles. The van der Waals surface area contributed by atoms with Gasteiger partial charge in [0, 0.05) is 6.20 Å². The van der Waals surface area contributed by atoms with Crippen LogP contribution in [0.2, 0.25) is 5.02 Å². The van der Waals surface area contributed by atoms with Gasteiger partial charge in [0.15, 0.2) is 6.61 Å². The Kier molecular flexibility index (Phi) is 5.10. The number of rotatable bonds is 4. The minimum Gasteiger partial charge on any atom is -0.467 e. The molecule has 0 saturated heterocycles. The van der Waals surface area contributed by atoms with Gasteiger partial charge in [-0.2, -0.15) is 13.2 Å². The molecule has 2 rings (SSSR count). The molecule has 0 fully saturated rings. The van der Waals surface area contributed by atoms with Crippen molar-refractivity contribution in [3.8, 4) is 5.88 Å². The molecule has 8 heteroatoms. The highest BCUT2D eigenvalue weighted by atomic mass is 35.5. The molecule has 4 nitrogen and oxygen atoms in total. The quantitative estimate of drug-likeness (QED) is 0.902. The van der Waals surface area contributed by atoms with Crippen molar-refractivity contribution in [2.24, 2.45) is 0 Å². The standard InChI is InChI=1S/C15H12ClF3N2O2/c1-9-4-5-12(11(16)7-9)21-13(22)10-3-2-6-20-14(10)23-8-15(17,18)19/h2-7H,8H2,1H3,(H,21,22). The van der Waals surface area contributed by atoms with E-state index in [0.29, 0.717) is 10.7 Å². The summed E-state index contributed by atoms with van der Waals surface area (Å²) < 4.78 is 41.3. The van der Waals surface area contributed by atoms with Gasteiger partial charge in [-0.1, -0.05) is 17.7 Å². The number of aryl methyl sites for hydroxylation is 1. The van der Waals surface area contributed by atoms with Gasteiger partial charge in [0.2, 0.25) is 5.88 Å². The van der Waals surface area contributed by atoms with E-state index in [0.717, 1.165) is 5.56 Å². The molecule has 1 aromatic heterocycles. The van der Waals surface area contributed by atoms with E-state index >= 15 is 0 Å². The molecule has 0 atom stereocenters. The smallest absolute Gasteiger partial charge is 0.422 e. The Morgan fingerprint density at radius 3 is 2.74 bits per heavy atom. The van der Waals surface area contributed by atoms with Crippen LogP contribution < -0.4 is 10.1 Å². The van der Waals surface area contributed by atoms with Crippen molar-refractivity contribution in [2.45, 2.75) is 13.1 Å². The Balaban J connectivity index is 2.19. The van der Waals surface area contributed by atoms with Crippen LogP contribution in [0.3, 0.4) is 0 Å². The zero-order valence-corrected chi connectivity index (χ0v) is 12.7. The highest BCUT2D eigenvalue weighted by molar-refractivity contribution is 6.34. The number of benzene rings is 1. The fourth-order valence-corrected chi connectivity index (χ4v) is 2.02. The van der Waals surface area contributed by atoms with Crippen LogP contribution in [0, 0.1) is 6.92 Å². The highest BCUT2D eigenvalue weighted by Gasteiger charge is 2.29. The third-order valence-corrected chi connectivity index (χ3v) is 3.07. The number of carbonyl (C=O) groups is 1. The number of nitrogens with one attached hydrogen (secondary N) is 1. The predicted molar refractivity (Wildman–Crippen MR) is 79.9 cm³/mol. The summed E-state index contributed by atoms with van der Waals surface area (Å²) in [4.78, 5) is 15.9. The summed E-state index contributed by atoms with van der Waals surface area (Å²) >= 11 is 6.01. The average molecular weight is 345 g/mol. The van der Waals surface area contributed by atoms with Gasteiger partial charge in [0.1, 0.15) is 5.56 Å². The molecule has 1 aromatic carbocycles. The van der Waals surface area contributed by atoms with Crippen molar-refractivity contribution in [2.75, 3.05) is 11.9 Å². The van der Waals surface area contributed by atoms with Gasteiger partial charge in [-0.15, -0.1) is 0 Å². The molecule has 0 spiro atoms. The fraction of sp³-hybridized carbons (Fsp3) is 0.200. The van der Waals surface area contributed by atoms with Gasteiger partial charge in [-0.05, 0) is 36.8 Å². The lowest BCUT2D eigenvalue weighted by Gasteiger charge is -2.12. The predicted octanol–water partition coefficient (Wildman–Crippen LogP) is 4.24. The lowest BCUT2D eigenvalue weighted by atomic mass is 10.2. The maximum atomic E-state index is 12.2. The maximum absolute atomic E-state index is 12.2. The molecule has 23 heavy (non-hydrogen) atoms. The number of hydrogen-bond donors (Lipinski definition) is 1. The van der Waals surface area contributed by atoms with Crippen LogP contribution >= 0.6 is 11.6 Å². The Hall–Kier alpha value is -2.28. The molecule has 122 valence electrons. The monoisotopic (exact) mass is 344 g/mol. The molecule has 0 aliphatic carbocycles. The van der Waals surface area contributed by atoms with Crippen LogP contribution in [0.15, 0.2) is 36.5 Å². The second-order valence-electron chi connectivity index (χ2n) is 4.70. The Labute approximate surface area is 135 Å². The highest BCUT2D eigenvalue weighted by Crippen LogP contribution is 2.25. The SMILES string of the molecule is Cc1ccc(NC(=O)c2cccnc2OCC(F)(F)F)c(Cl)c1. The average Bonchev–Trinajstić information content (AvgIpc) is 2.47. The molecule has 0 unspecified atom stereocenters. The molecule has 0 saturated carbocycles. The lowest BCUT2D eigenvalue weighted by molar-refractivity contribution is -0.154. The molecule has 1 N–H and O–H groups in total. The van der Waals surface area contributed by atoms with E-state index in [-0.39, 0.29) is 5.56 Å². The topological polar surface area (TPSA) is 51.2 Å². The normalized spacial score (nSPS) is 11.2. The van der Waals surface area contributed by atoms with Gasteiger partial charge in [-0.25, -0.2) is 4.98 Å². The van der Waals surface area contributed by atoms with Gasteiger partial charge in [0.05, 0.1) is 10.7 Å². The Bertz CT molecular complexity index is 720. The molecule has 0 aliphatic rings. The van der Waals surface area contributed by atoms with Gasteiger partial charge in [0.25, 0.3) is 5.91 Å². The molecular formula is C15H12ClF3N2O2. The minimum absolute atomic E-state index is 0.117. The first-order valence-electron chi connectivity index (χ1n) is 6.48. The number of amides is 1. The van der Waals surface area contributed by atoms with Crippen LogP contribution in [-0.2, 0) is 0 Å². The van der Waals surface area contributed by atoms with Crippen LogP contribution in [0.4, 0.5) is 18.9 Å². The van der Waals surface area contributed by atoms with E-state index in [1.807, 2.05) is 6.92 Å². The van der Waals surface area contributed by atoms with Crippen LogP contribution in [0.1, 0.15) is 15.9 Å². The molecule has 0 aliphatic heterocycles. The number of aromatic nitrogens is 1. The van der Waals surface area contributed by atoms with Crippen molar-refractivity contribution >= 4 is 23.2 Å². The number of halogens is 4. The number of pyridine rings is 1. The first-order chi connectivity index (χ1) is 10.8. The first kappa shape index (κ1) is 17.1. The van der Waals surface area contributed by atoms with Gasteiger partial charge in [-0.3, -0.25) is 4.79 Å². The van der Waals surface area contributed by atoms with E-state index in [9.17, 15) is 18.0 Å². The number of hydrogen-bond acceptors (Lipinski definition) is 3. The number of nitrogens with zero attached hydrogens (tertiary/aromatic N) is 1. The minimum atomic E-state index is -4.52. The zero-order chi connectivity index (χ0) is 17.0. The van der Waals surface area contributed by atoms with Gasteiger partial charge < -0.3 is 10.1 Å². The summed E-state index contributed by atoms with van der Waals surface area (Å²) in [5.41, 5.74) is 1.13. The summed E-state index contributed by atoms with van der Waals surface area (Å²) in [6.45, 7) is 0.303. The lowest BCUT2D eigenvalue weighted by Crippen LogP contribution is -2.22. The fourth-order valence-electron chi connectivity index (χ4n) is 1.74. The Morgan fingerprint density at radius 1 is 1.35 bits per heavy atom. The van der Waals surface area contributed by atoms with Crippen LogP contribution in [0.25, 0.3) is 0 Å². The number of alkyl halides is 3. The molecular weight excluding hydrogens is 333 g/mol. The van der Waals surface area contributed by atoms with E-state index in [1.165, 1.54) is 18.3 Å². The van der Waals surface area contributed by atoms with Crippen molar-refractivity contribution in [3.63, 3.8) is 0 Å². The Morgan fingerprint density at radius 2 is 2.09 bits per heavy atom. The summed E-state index contributed by atoms with van der Waals surface area (Å²) in [5.74, 6) is -1.06. The number of anilines is 1. The van der Waals surface area contributed by atoms with E-state index in [2.05, 4.69) is 15.0 Å². The van der Waals surface area contributed by atoms with Crippen LogP contribution in [-0.4, -0.2) is 23.7 Å². The molecule has 1 amide bonds. The molecule has 2 aromatic rings. The summed E-state index contributed by atoms with van der Waals surface area (Å²) in [6.07, 6.45) is -3.28. The molecule has 0 radical (unpaired) electrons. The second kappa shape index (κ2) is 6.87. The van der Waals surface area contributed by atoms with Crippen molar-refractivity contribution in [1.82, 2.24) is 4.98 Å². The van der Waals surface area contributed by atoms with Crippen LogP contribution in [0.5, 0.6) is 5.88 Å². The largest absolute Gasteiger partial charge is 0.467 e. The molecule has 0 bridgehead atoms. The first-order valence-corrected chi connectivity index (χ1v) is 6.86. The number of carbonyl (C=O) groups excluding carboxylic acids is 1. The third kappa shape index (κ3) is 4.85. The second-order valence-corrected chi connectivity index (χ2v) is 5.10. The zero-order valence-electron chi connectivity index (χ0n) is 11.9. The number of ether oxygens (including phenoxy) is 1. The van der Waals surface area contributed by atoms with Crippen molar-refractivity contribution < 1.29 is 22.7 Å². The summed E-state index contributed by atoms with van der Waals surface area (Å²) in [6, 6.07) is 7.73.